The van der Waals surface area contributed by atoms with Crippen molar-refractivity contribution < 1.29 is 17.8 Å². The van der Waals surface area contributed by atoms with E-state index in [9.17, 15) is 13.2 Å². The number of allylic oxidation sites excluding steroid dienone is 3. The summed E-state index contributed by atoms with van der Waals surface area (Å²) in [7, 11) is -3.99. The predicted octanol–water partition coefficient (Wildman–Crippen LogP) is 0.396. The molecule has 108 valence electrons. The molecule has 0 unspecified atom stereocenters. The zero-order valence-electron chi connectivity index (χ0n) is 10.9. The van der Waals surface area contributed by atoms with E-state index in [0.29, 0.717) is 5.57 Å². The van der Waals surface area contributed by atoms with Gasteiger partial charge in [0.25, 0.3) is 10.1 Å². The van der Waals surface area contributed by atoms with Crippen molar-refractivity contribution in [2.75, 3.05) is 12.3 Å². The molecule has 0 saturated heterocycles. The van der Waals surface area contributed by atoms with E-state index in [1.165, 1.54) is 0 Å². The Labute approximate surface area is 113 Å². The first-order chi connectivity index (χ1) is 8.78. The molecule has 7 heteroatoms. The van der Waals surface area contributed by atoms with Crippen LogP contribution in [0.1, 0.15) is 13.3 Å². The highest BCUT2D eigenvalue weighted by Crippen LogP contribution is 1.99. The summed E-state index contributed by atoms with van der Waals surface area (Å²) in [6, 6.07) is -0.882. The molecule has 4 N–H and O–H groups in total. The molecule has 0 aliphatic rings. The van der Waals surface area contributed by atoms with E-state index >= 15 is 0 Å². The Kier molecular flexibility index (Phi) is 7.97. The summed E-state index contributed by atoms with van der Waals surface area (Å²) in [5, 5.41) is 2.47. The summed E-state index contributed by atoms with van der Waals surface area (Å²) in [4.78, 5) is 11.6. The van der Waals surface area contributed by atoms with Gasteiger partial charge < -0.3 is 11.1 Å². The Hall–Kier alpha value is -1.44. The van der Waals surface area contributed by atoms with Crippen LogP contribution in [0.3, 0.4) is 0 Å². The Morgan fingerprint density at radius 2 is 2.11 bits per heavy atom. The van der Waals surface area contributed by atoms with E-state index in [2.05, 4.69) is 11.9 Å². The summed E-state index contributed by atoms with van der Waals surface area (Å²) in [6.45, 7) is 5.65. The number of carbonyl (C=O) groups excluding carboxylic acids is 1. The minimum absolute atomic E-state index is 0.123. The lowest BCUT2D eigenvalue weighted by Gasteiger charge is -2.12. The summed E-state index contributed by atoms with van der Waals surface area (Å²) in [5.74, 6) is -0.838. The van der Waals surface area contributed by atoms with Gasteiger partial charge in [-0.3, -0.25) is 9.35 Å². The van der Waals surface area contributed by atoms with Crippen LogP contribution < -0.4 is 11.1 Å². The Bertz CT molecular complexity index is 466. The molecule has 0 radical (unpaired) electrons. The molecule has 0 saturated carbocycles. The lowest BCUT2D eigenvalue weighted by Crippen LogP contribution is -2.41. The van der Waals surface area contributed by atoms with E-state index in [4.69, 9.17) is 10.3 Å². The fourth-order valence-electron chi connectivity index (χ4n) is 1.14. The number of rotatable bonds is 8. The number of hydrogen-bond donors (Lipinski definition) is 3. The van der Waals surface area contributed by atoms with Crippen LogP contribution >= 0.6 is 0 Å². The van der Waals surface area contributed by atoms with Crippen molar-refractivity contribution in [2.24, 2.45) is 5.73 Å². The Morgan fingerprint density at radius 1 is 1.47 bits per heavy atom. The summed E-state index contributed by atoms with van der Waals surface area (Å²) >= 11 is 0. The zero-order valence-corrected chi connectivity index (χ0v) is 11.7. The van der Waals surface area contributed by atoms with E-state index in [1.807, 2.05) is 13.0 Å². The van der Waals surface area contributed by atoms with Gasteiger partial charge in [-0.2, -0.15) is 8.42 Å². The highest BCUT2D eigenvalue weighted by Gasteiger charge is 2.14. The van der Waals surface area contributed by atoms with Crippen molar-refractivity contribution >= 4 is 16.0 Å². The molecular weight excluding hydrogens is 268 g/mol. The monoisotopic (exact) mass is 288 g/mol. The first kappa shape index (κ1) is 17.6. The number of nitrogens with two attached hydrogens (primary N) is 1. The van der Waals surface area contributed by atoms with Crippen molar-refractivity contribution in [1.82, 2.24) is 5.32 Å². The third-order valence-corrected chi connectivity index (χ3v) is 2.98. The van der Waals surface area contributed by atoms with Gasteiger partial charge in [-0.15, -0.1) is 0 Å². The molecular formula is C12H20N2O4S. The molecule has 0 aliphatic heterocycles. The average Bonchev–Trinajstić information content (AvgIpc) is 2.32. The molecule has 0 fully saturated rings. The smallest absolute Gasteiger partial charge is 0.264 e. The van der Waals surface area contributed by atoms with Gasteiger partial charge in [0.15, 0.2) is 0 Å². The fourth-order valence-corrected chi connectivity index (χ4v) is 1.65. The Balaban J connectivity index is 4.10. The topological polar surface area (TPSA) is 109 Å². The minimum atomic E-state index is -3.99. The van der Waals surface area contributed by atoms with Crippen molar-refractivity contribution in [1.29, 1.82) is 0 Å². The molecule has 0 aromatic rings. The SMILES string of the molecule is C=C(/C=C\C=C/C)[C@H](N)C(=O)NCCCS(=O)(=O)O. The van der Waals surface area contributed by atoms with Crippen LogP contribution in [0.5, 0.6) is 0 Å². The molecule has 19 heavy (non-hydrogen) atoms. The van der Waals surface area contributed by atoms with Crippen LogP contribution in [-0.2, 0) is 14.9 Å². The summed E-state index contributed by atoms with van der Waals surface area (Å²) < 4.78 is 29.4. The maximum atomic E-state index is 11.6. The van der Waals surface area contributed by atoms with Crippen LogP contribution in [-0.4, -0.2) is 37.2 Å². The molecule has 0 aromatic carbocycles. The van der Waals surface area contributed by atoms with Gasteiger partial charge in [-0.05, 0) is 18.9 Å². The van der Waals surface area contributed by atoms with Gasteiger partial charge in [0, 0.05) is 6.54 Å². The van der Waals surface area contributed by atoms with E-state index in [-0.39, 0.29) is 13.0 Å². The first-order valence-corrected chi connectivity index (χ1v) is 7.35. The standard InChI is InChI=1S/C12H20N2O4S/c1-3-4-5-7-10(2)11(13)12(15)14-8-6-9-19(16,17)18/h3-5,7,11H,2,6,8-9,13H2,1H3,(H,14,15)(H,16,17,18)/b4-3-,7-5-/t11-/m0/s1. The molecule has 0 heterocycles. The molecule has 1 amide bonds. The van der Waals surface area contributed by atoms with Crippen LogP contribution in [0.4, 0.5) is 0 Å². The molecule has 6 nitrogen and oxygen atoms in total. The van der Waals surface area contributed by atoms with Gasteiger partial charge in [0.2, 0.25) is 5.91 Å². The van der Waals surface area contributed by atoms with Gasteiger partial charge in [-0.25, -0.2) is 0 Å². The van der Waals surface area contributed by atoms with E-state index < -0.39 is 27.8 Å². The van der Waals surface area contributed by atoms with E-state index in [1.54, 1.807) is 18.2 Å². The molecule has 1 atom stereocenters. The molecule has 0 rings (SSSR count). The average molecular weight is 288 g/mol. The van der Waals surface area contributed by atoms with Crippen molar-refractivity contribution in [3.05, 3.63) is 36.5 Å². The van der Waals surface area contributed by atoms with Gasteiger partial charge in [0.05, 0.1) is 5.75 Å². The van der Waals surface area contributed by atoms with Crippen LogP contribution in [0.2, 0.25) is 0 Å². The lowest BCUT2D eigenvalue weighted by atomic mass is 10.1. The Morgan fingerprint density at radius 3 is 2.63 bits per heavy atom. The van der Waals surface area contributed by atoms with Crippen molar-refractivity contribution in [3.8, 4) is 0 Å². The minimum Gasteiger partial charge on any atom is -0.354 e. The third kappa shape index (κ3) is 9.18. The second kappa shape index (κ2) is 8.63. The second-order valence-corrected chi connectivity index (χ2v) is 5.44. The highest BCUT2D eigenvalue weighted by atomic mass is 32.2. The largest absolute Gasteiger partial charge is 0.354 e. The summed E-state index contributed by atoms with van der Waals surface area (Å²) in [5.41, 5.74) is 6.11. The van der Waals surface area contributed by atoms with Crippen molar-refractivity contribution in [2.45, 2.75) is 19.4 Å². The summed E-state index contributed by atoms with van der Waals surface area (Å²) in [6.07, 6.45) is 7.07. The number of amides is 1. The van der Waals surface area contributed by atoms with Crippen LogP contribution in [0.25, 0.3) is 0 Å². The molecule has 0 bridgehead atoms. The molecule has 0 spiro atoms. The highest BCUT2D eigenvalue weighted by molar-refractivity contribution is 7.85. The van der Waals surface area contributed by atoms with Gasteiger partial charge >= 0.3 is 0 Å². The normalized spacial score (nSPS) is 13.8. The quantitative estimate of drug-likeness (QED) is 0.340. The van der Waals surface area contributed by atoms with Crippen LogP contribution in [0.15, 0.2) is 36.5 Å². The maximum absolute atomic E-state index is 11.6. The van der Waals surface area contributed by atoms with E-state index in [0.717, 1.165) is 0 Å². The maximum Gasteiger partial charge on any atom is 0.264 e. The lowest BCUT2D eigenvalue weighted by molar-refractivity contribution is -0.121. The number of hydrogen-bond acceptors (Lipinski definition) is 4. The first-order valence-electron chi connectivity index (χ1n) is 5.74. The predicted molar refractivity (Wildman–Crippen MR) is 75.1 cm³/mol. The number of carbonyl (C=O) groups is 1. The number of nitrogens with one attached hydrogen (secondary N) is 1. The van der Waals surface area contributed by atoms with Gasteiger partial charge in [-0.1, -0.05) is 30.9 Å². The molecule has 0 aromatic heterocycles. The fraction of sp³-hybridized carbons (Fsp3) is 0.417. The second-order valence-electron chi connectivity index (χ2n) is 3.87. The zero-order chi connectivity index (χ0) is 14.9. The third-order valence-electron chi connectivity index (χ3n) is 2.17. The van der Waals surface area contributed by atoms with Crippen LogP contribution in [0, 0.1) is 0 Å². The molecule has 0 aliphatic carbocycles. The van der Waals surface area contributed by atoms with Crippen molar-refractivity contribution in [3.63, 3.8) is 0 Å². The van der Waals surface area contributed by atoms with Gasteiger partial charge in [0.1, 0.15) is 6.04 Å².